The summed E-state index contributed by atoms with van der Waals surface area (Å²) in [7, 11) is 0. The molecule has 0 aliphatic carbocycles. The Morgan fingerprint density at radius 3 is 2.89 bits per heavy atom. The average Bonchev–Trinajstić information content (AvgIpc) is 2.39. The van der Waals surface area contributed by atoms with Crippen LogP contribution >= 0.6 is 11.8 Å². The molecule has 1 rings (SSSR count). The van der Waals surface area contributed by atoms with E-state index in [1.54, 1.807) is 11.8 Å². The van der Waals surface area contributed by atoms with Gasteiger partial charge >= 0.3 is 0 Å². The Kier molecular flexibility index (Phi) is 7.09. The Hall–Kier alpha value is -1.44. The number of rotatable bonds is 5. The minimum Gasteiger partial charge on any atom is -0.395 e. The minimum atomic E-state index is 0.0351. The number of aryl methyl sites for hydroxylation is 1. The molecule has 0 spiro atoms. The molecule has 1 aromatic rings. The highest BCUT2D eigenvalue weighted by Crippen LogP contribution is 2.15. The smallest absolute Gasteiger partial charge is 0.225 e. The lowest BCUT2D eigenvalue weighted by Gasteiger charge is -2.06. The standard InChI is InChI=1S/C15H19NO2S/c1-12-11-14(16-15(18)8-10-19-2)7-6-13(12)5-3-4-9-17/h6-7,11,17H,4,8-10H2,1-2H3,(H,16,18). The van der Waals surface area contributed by atoms with Crippen LogP contribution in [0.2, 0.25) is 0 Å². The zero-order chi connectivity index (χ0) is 14.1. The zero-order valence-corrected chi connectivity index (χ0v) is 12.1. The molecule has 0 atom stereocenters. The van der Waals surface area contributed by atoms with Crippen LogP contribution in [-0.2, 0) is 4.79 Å². The number of nitrogens with one attached hydrogen (secondary N) is 1. The zero-order valence-electron chi connectivity index (χ0n) is 11.3. The topological polar surface area (TPSA) is 49.3 Å². The van der Waals surface area contributed by atoms with E-state index in [1.165, 1.54) is 0 Å². The van der Waals surface area contributed by atoms with Crippen LogP contribution in [-0.4, -0.2) is 29.6 Å². The van der Waals surface area contributed by atoms with Gasteiger partial charge in [0.25, 0.3) is 0 Å². The van der Waals surface area contributed by atoms with E-state index in [0.717, 1.165) is 22.6 Å². The third-order valence-electron chi connectivity index (χ3n) is 2.50. The Labute approximate surface area is 118 Å². The molecule has 0 radical (unpaired) electrons. The molecule has 1 aromatic carbocycles. The highest BCUT2D eigenvalue weighted by atomic mass is 32.2. The largest absolute Gasteiger partial charge is 0.395 e. The molecule has 0 aliphatic heterocycles. The summed E-state index contributed by atoms with van der Waals surface area (Å²) in [6.45, 7) is 2.04. The summed E-state index contributed by atoms with van der Waals surface area (Å²) in [5, 5.41) is 11.5. The Morgan fingerprint density at radius 2 is 2.26 bits per heavy atom. The maximum Gasteiger partial charge on any atom is 0.225 e. The highest BCUT2D eigenvalue weighted by molar-refractivity contribution is 7.98. The molecule has 1 amide bonds. The third-order valence-corrected chi connectivity index (χ3v) is 3.12. The van der Waals surface area contributed by atoms with Crippen LogP contribution < -0.4 is 5.32 Å². The van der Waals surface area contributed by atoms with Gasteiger partial charge in [-0.1, -0.05) is 11.8 Å². The summed E-state index contributed by atoms with van der Waals surface area (Å²) in [5.74, 6) is 6.76. The molecule has 4 heteroatoms. The van der Waals surface area contributed by atoms with Gasteiger partial charge in [-0.2, -0.15) is 11.8 Å². The molecule has 0 heterocycles. The molecule has 0 saturated heterocycles. The molecule has 2 N–H and O–H groups in total. The van der Waals surface area contributed by atoms with Gasteiger partial charge in [0.15, 0.2) is 0 Å². The van der Waals surface area contributed by atoms with Crippen molar-refractivity contribution in [3.8, 4) is 11.8 Å². The van der Waals surface area contributed by atoms with Gasteiger partial charge in [0.2, 0.25) is 5.91 Å². The van der Waals surface area contributed by atoms with E-state index in [1.807, 2.05) is 31.4 Å². The first kappa shape index (κ1) is 15.6. The second-order valence-corrected chi connectivity index (χ2v) is 5.08. The van der Waals surface area contributed by atoms with Gasteiger partial charge in [0, 0.05) is 29.8 Å². The third kappa shape index (κ3) is 5.82. The molecule has 0 unspecified atom stereocenters. The van der Waals surface area contributed by atoms with Crippen LogP contribution in [0.15, 0.2) is 18.2 Å². The number of carbonyl (C=O) groups excluding carboxylic acids is 1. The van der Waals surface area contributed by atoms with Crippen LogP contribution in [0.3, 0.4) is 0 Å². The fourth-order valence-corrected chi connectivity index (χ4v) is 1.90. The first-order valence-electron chi connectivity index (χ1n) is 6.16. The lowest BCUT2D eigenvalue weighted by atomic mass is 10.1. The summed E-state index contributed by atoms with van der Waals surface area (Å²) in [4.78, 5) is 11.6. The van der Waals surface area contributed by atoms with Crippen LogP contribution in [0.5, 0.6) is 0 Å². The van der Waals surface area contributed by atoms with E-state index in [4.69, 9.17) is 5.11 Å². The predicted octanol–water partition coefficient (Wildman–Crippen LogP) is 2.42. The first-order valence-corrected chi connectivity index (χ1v) is 7.56. The van der Waals surface area contributed by atoms with Gasteiger partial charge in [-0.05, 0) is 36.9 Å². The van der Waals surface area contributed by atoms with E-state index in [2.05, 4.69) is 17.2 Å². The number of amides is 1. The number of aliphatic hydroxyl groups is 1. The number of anilines is 1. The van der Waals surface area contributed by atoms with E-state index in [0.29, 0.717) is 12.8 Å². The van der Waals surface area contributed by atoms with Crippen molar-refractivity contribution < 1.29 is 9.90 Å². The number of aliphatic hydroxyl groups excluding tert-OH is 1. The van der Waals surface area contributed by atoms with Gasteiger partial charge in [-0.15, -0.1) is 0 Å². The summed E-state index contributed by atoms with van der Waals surface area (Å²) in [6.07, 6.45) is 2.99. The van der Waals surface area contributed by atoms with Gasteiger partial charge in [-0.25, -0.2) is 0 Å². The summed E-state index contributed by atoms with van der Waals surface area (Å²) < 4.78 is 0. The monoisotopic (exact) mass is 277 g/mol. The van der Waals surface area contributed by atoms with Gasteiger partial charge in [-0.3, -0.25) is 4.79 Å². The number of benzene rings is 1. The SMILES string of the molecule is CSCCC(=O)Nc1ccc(C#CCCO)c(C)c1. The normalized spacial score (nSPS) is 9.63. The Bertz CT molecular complexity index is 489. The molecule has 0 saturated carbocycles. The van der Waals surface area contributed by atoms with Crippen molar-refractivity contribution in [1.82, 2.24) is 0 Å². The van der Waals surface area contributed by atoms with Crippen molar-refractivity contribution in [2.24, 2.45) is 0 Å². The quantitative estimate of drug-likeness (QED) is 0.813. The predicted molar refractivity (Wildman–Crippen MR) is 81.4 cm³/mol. The van der Waals surface area contributed by atoms with Crippen LogP contribution in [0.25, 0.3) is 0 Å². The highest BCUT2D eigenvalue weighted by Gasteiger charge is 2.03. The van der Waals surface area contributed by atoms with Gasteiger partial charge < -0.3 is 10.4 Å². The summed E-state index contributed by atoms with van der Waals surface area (Å²) >= 11 is 1.66. The van der Waals surface area contributed by atoms with Crippen molar-refractivity contribution in [3.63, 3.8) is 0 Å². The fraction of sp³-hybridized carbons (Fsp3) is 0.400. The Balaban J connectivity index is 2.67. The molecule has 102 valence electrons. The van der Waals surface area contributed by atoms with Crippen molar-refractivity contribution >= 4 is 23.4 Å². The maximum atomic E-state index is 11.6. The molecular formula is C15H19NO2S. The van der Waals surface area contributed by atoms with Gasteiger partial charge in [0.1, 0.15) is 0 Å². The molecule has 0 fully saturated rings. The average molecular weight is 277 g/mol. The van der Waals surface area contributed by atoms with E-state index in [-0.39, 0.29) is 12.5 Å². The van der Waals surface area contributed by atoms with Crippen LogP contribution in [0.4, 0.5) is 5.69 Å². The number of hydrogen-bond acceptors (Lipinski definition) is 3. The Morgan fingerprint density at radius 1 is 1.47 bits per heavy atom. The summed E-state index contributed by atoms with van der Waals surface area (Å²) in [5.41, 5.74) is 2.75. The van der Waals surface area contributed by atoms with Crippen LogP contribution in [0, 0.1) is 18.8 Å². The number of thioether (sulfide) groups is 1. The molecule has 0 aliphatic rings. The maximum absolute atomic E-state index is 11.6. The van der Waals surface area contributed by atoms with Crippen molar-refractivity contribution in [2.75, 3.05) is 23.9 Å². The molecule has 19 heavy (non-hydrogen) atoms. The number of hydrogen-bond donors (Lipinski definition) is 2. The summed E-state index contributed by atoms with van der Waals surface area (Å²) in [6, 6.07) is 5.66. The first-order chi connectivity index (χ1) is 9.17. The van der Waals surface area contributed by atoms with Gasteiger partial charge in [0.05, 0.1) is 6.61 Å². The molecular weight excluding hydrogens is 258 g/mol. The van der Waals surface area contributed by atoms with E-state index in [9.17, 15) is 4.79 Å². The van der Waals surface area contributed by atoms with Crippen molar-refractivity contribution in [2.45, 2.75) is 19.8 Å². The van der Waals surface area contributed by atoms with Crippen molar-refractivity contribution in [1.29, 1.82) is 0 Å². The van der Waals surface area contributed by atoms with E-state index >= 15 is 0 Å². The van der Waals surface area contributed by atoms with Crippen molar-refractivity contribution in [3.05, 3.63) is 29.3 Å². The lowest BCUT2D eigenvalue weighted by molar-refractivity contribution is -0.115. The fourth-order valence-electron chi connectivity index (χ4n) is 1.51. The molecule has 0 aromatic heterocycles. The molecule has 3 nitrogen and oxygen atoms in total. The lowest BCUT2D eigenvalue weighted by Crippen LogP contribution is -2.12. The number of carbonyl (C=O) groups is 1. The minimum absolute atomic E-state index is 0.0351. The second kappa shape index (κ2) is 8.63. The van der Waals surface area contributed by atoms with Crippen LogP contribution in [0.1, 0.15) is 24.0 Å². The second-order valence-electron chi connectivity index (χ2n) is 4.10. The van der Waals surface area contributed by atoms with E-state index < -0.39 is 0 Å². The molecule has 0 bridgehead atoms.